The Bertz CT molecular complexity index is 915. The molecule has 0 aliphatic heterocycles. The summed E-state index contributed by atoms with van der Waals surface area (Å²) in [5, 5.41) is 22.0. The number of thioether (sulfide) groups is 1. The van der Waals surface area contributed by atoms with E-state index in [0.717, 1.165) is 46.0 Å². The Balaban J connectivity index is 1.31. The standard InChI is InChI=1S/C16H15N7S2/c1-2-6-12(7-3-1)23-14(18-21-22-23)9-5-11-25-16-17-15(19-20-16)13-8-4-10-24-13/h1-4,6-8,10H,5,9,11H2,(H,17,19,20). The van der Waals surface area contributed by atoms with Crippen molar-refractivity contribution in [3.05, 3.63) is 53.7 Å². The van der Waals surface area contributed by atoms with Gasteiger partial charge in [0, 0.05) is 12.2 Å². The van der Waals surface area contributed by atoms with Gasteiger partial charge >= 0.3 is 0 Å². The summed E-state index contributed by atoms with van der Waals surface area (Å²) in [6.07, 6.45) is 1.75. The number of benzene rings is 1. The summed E-state index contributed by atoms with van der Waals surface area (Å²) in [6, 6.07) is 14.0. The van der Waals surface area contributed by atoms with E-state index in [4.69, 9.17) is 0 Å². The zero-order valence-corrected chi connectivity index (χ0v) is 14.9. The van der Waals surface area contributed by atoms with Crippen LogP contribution in [0.1, 0.15) is 12.2 Å². The maximum absolute atomic E-state index is 4.51. The van der Waals surface area contributed by atoms with Crippen LogP contribution in [0.5, 0.6) is 0 Å². The molecule has 1 aromatic carbocycles. The molecule has 0 fully saturated rings. The number of tetrazole rings is 1. The van der Waals surface area contributed by atoms with Crippen LogP contribution in [0.3, 0.4) is 0 Å². The Morgan fingerprint density at radius 1 is 1.12 bits per heavy atom. The van der Waals surface area contributed by atoms with Gasteiger partial charge < -0.3 is 0 Å². The van der Waals surface area contributed by atoms with E-state index in [1.165, 1.54) is 0 Å². The van der Waals surface area contributed by atoms with Gasteiger partial charge in [0.05, 0.1) is 10.6 Å². The first-order valence-corrected chi connectivity index (χ1v) is 9.68. The van der Waals surface area contributed by atoms with Crippen molar-refractivity contribution < 1.29 is 0 Å². The van der Waals surface area contributed by atoms with Crippen molar-refractivity contribution in [1.29, 1.82) is 0 Å². The molecule has 7 nitrogen and oxygen atoms in total. The minimum Gasteiger partial charge on any atom is -0.257 e. The lowest BCUT2D eigenvalue weighted by atomic mass is 10.3. The summed E-state index contributed by atoms with van der Waals surface area (Å²) >= 11 is 3.28. The number of thiophene rings is 1. The topological polar surface area (TPSA) is 85.2 Å². The van der Waals surface area contributed by atoms with Crippen LogP contribution in [-0.2, 0) is 6.42 Å². The average Bonchev–Trinajstić information content (AvgIpc) is 3.40. The molecular formula is C16H15N7S2. The summed E-state index contributed by atoms with van der Waals surface area (Å²) in [5.41, 5.74) is 0.977. The first kappa shape index (κ1) is 16.0. The quantitative estimate of drug-likeness (QED) is 0.398. The minimum absolute atomic E-state index is 0.769. The Labute approximate surface area is 152 Å². The molecule has 25 heavy (non-hydrogen) atoms. The lowest BCUT2D eigenvalue weighted by Crippen LogP contribution is -2.03. The third-order valence-corrected chi connectivity index (χ3v) is 5.34. The van der Waals surface area contributed by atoms with E-state index >= 15 is 0 Å². The molecule has 0 spiro atoms. The van der Waals surface area contributed by atoms with Gasteiger partial charge in [-0.3, -0.25) is 5.10 Å². The molecule has 3 heterocycles. The molecule has 0 unspecified atom stereocenters. The second-order valence-corrected chi connectivity index (χ2v) is 7.25. The molecule has 3 aromatic heterocycles. The van der Waals surface area contributed by atoms with E-state index < -0.39 is 0 Å². The summed E-state index contributed by atoms with van der Waals surface area (Å²) in [6.45, 7) is 0. The van der Waals surface area contributed by atoms with E-state index in [0.29, 0.717) is 0 Å². The maximum Gasteiger partial charge on any atom is 0.208 e. The third kappa shape index (κ3) is 3.77. The molecule has 9 heteroatoms. The number of aromatic amines is 1. The van der Waals surface area contributed by atoms with Gasteiger partial charge in [-0.05, 0) is 40.4 Å². The third-order valence-electron chi connectivity index (χ3n) is 3.53. The molecule has 0 atom stereocenters. The van der Waals surface area contributed by atoms with Crippen molar-refractivity contribution in [2.45, 2.75) is 18.0 Å². The molecule has 0 bridgehead atoms. The smallest absolute Gasteiger partial charge is 0.208 e. The van der Waals surface area contributed by atoms with E-state index in [1.807, 2.05) is 47.8 Å². The predicted octanol–water partition coefficient (Wildman–Crippen LogP) is 3.23. The highest BCUT2D eigenvalue weighted by atomic mass is 32.2. The van der Waals surface area contributed by atoms with Crippen LogP contribution in [-0.4, -0.2) is 41.1 Å². The molecule has 4 aromatic rings. The number of hydrogen-bond donors (Lipinski definition) is 1. The van der Waals surface area contributed by atoms with Crippen LogP contribution in [0, 0.1) is 0 Å². The largest absolute Gasteiger partial charge is 0.257 e. The summed E-state index contributed by atoms with van der Waals surface area (Å²) < 4.78 is 1.78. The van der Waals surface area contributed by atoms with Crippen LogP contribution in [0.15, 0.2) is 53.0 Å². The van der Waals surface area contributed by atoms with Crippen molar-refractivity contribution in [1.82, 2.24) is 35.4 Å². The van der Waals surface area contributed by atoms with Gasteiger partial charge in [0.25, 0.3) is 0 Å². The number of aryl methyl sites for hydroxylation is 1. The summed E-state index contributed by atoms with van der Waals surface area (Å²) in [5.74, 6) is 2.59. The Morgan fingerprint density at radius 3 is 2.88 bits per heavy atom. The van der Waals surface area contributed by atoms with Crippen LogP contribution in [0.4, 0.5) is 0 Å². The Morgan fingerprint density at radius 2 is 2.04 bits per heavy atom. The number of H-pyrrole nitrogens is 1. The second kappa shape index (κ2) is 7.58. The zero-order valence-electron chi connectivity index (χ0n) is 13.2. The number of nitrogens with one attached hydrogen (secondary N) is 1. The SMILES string of the molecule is c1ccc(-n2nnnc2CCCSc2n[nH]c(-c3cccs3)n2)cc1. The van der Waals surface area contributed by atoms with Crippen molar-refractivity contribution in [2.75, 3.05) is 5.75 Å². The van der Waals surface area contributed by atoms with Crippen molar-refractivity contribution in [2.24, 2.45) is 0 Å². The van der Waals surface area contributed by atoms with Gasteiger partial charge in [-0.15, -0.1) is 21.5 Å². The molecule has 4 rings (SSSR count). The second-order valence-electron chi connectivity index (χ2n) is 5.24. The fraction of sp³-hybridized carbons (Fsp3) is 0.188. The number of hydrogen-bond acceptors (Lipinski definition) is 7. The molecule has 0 radical (unpaired) electrons. The molecule has 0 amide bonds. The highest BCUT2D eigenvalue weighted by Crippen LogP contribution is 2.23. The van der Waals surface area contributed by atoms with E-state index in [9.17, 15) is 0 Å². The number of aromatic nitrogens is 7. The molecule has 0 aliphatic carbocycles. The summed E-state index contributed by atoms with van der Waals surface area (Å²) in [4.78, 5) is 5.61. The number of para-hydroxylation sites is 1. The molecule has 0 saturated carbocycles. The van der Waals surface area contributed by atoms with Gasteiger partial charge in [-0.2, -0.15) is 4.68 Å². The van der Waals surface area contributed by atoms with Gasteiger partial charge in [0.1, 0.15) is 0 Å². The fourth-order valence-electron chi connectivity index (χ4n) is 2.36. The molecule has 126 valence electrons. The molecular weight excluding hydrogens is 354 g/mol. The predicted molar refractivity (Wildman–Crippen MR) is 97.9 cm³/mol. The molecule has 0 saturated heterocycles. The Hall–Kier alpha value is -2.52. The van der Waals surface area contributed by atoms with Crippen LogP contribution in [0.2, 0.25) is 0 Å². The lowest BCUT2D eigenvalue weighted by molar-refractivity contribution is 0.747. The first-order chi connectivity index (χ1) is 12.4. The Kier molecular flexibility index (Phi) is 4.84. The van der Waals surface area contributed by atoms with Crippen LogP contribution >= 0.6 is 23.1 Å². The molecule has 1 N–H and O–H groups in total. The maximum atomic E-state index is 4.51. The van der Waals surface area contributed by atoms with Crippen LogP contribution < -0.4 is 0 Å². The van der Waals surface area contributed by atoms with E-state index in [-0.39, 0.29) is 0 Å². The monoisotopic (exact) mass is 369 g/mol. The first-order valence-electron chi connectivity index (χ1n) is 7.82. The van der Waals surface area contributed by atoms with Crippen molar-refractivity contribution in [3.8, 4) is 16.4 Å². The van der Waals surface area contributed by atoms with Crippen LogP contribution in [0.25, 0.3) is 16.4 Å². The van der Waals surface area contributed by atoms with Gasteiger partial charge in [-0.1, -0.05) is 36.0 Å². The van der Waals surface area contributed by atoms with Gasteiger partial charge in [0.2, 0.25) is 5.16 Å². The normalized spacial score (nSPS) is 11.0. The van der Waals surface area contributed by atoms with E-state index in [1.54, 1.807) is 27.8 Å². The summed E-state index contributed by atoms with van der Waals surface area (Å²) in [7, 11) is 0. The average molecular weight is 369 g/mol. The van der Waals surface area contributed by atoms with E-state index in [2.05, 4.69) is 30.7 Å². The molecule has 0 aliphatic rings. The highest BCUT2D eigenvalue weighted by Gasteiger charge is 2.09. The lowest BCUT2D eigenvalue weighted by Gasteiger charge is -2.03. The van der Waals surface area contributed by atoms with Crippen molar-refractivity contribution in [3.63, 3.8) is 0 Å². The van der Waals surface area contributed by atoms with Gasteiger partial charge in [0.15, 0.2) is 11.6 Å². The van der Waals surface area contributed by atoms with Crippen molar-refractivity contribution >= 4 is 23.1 Å². The fourth-order valence-corrected chi connectivity index (χ4v) is 3.76. The zero-order chi connectivity index (χ0) is 16.9. The highest BCUT2D eigenvalue weighted by molar-refractivity contribution is 7.99. The van der Waals surface area contributed by atoms with Gasteiger partial charge in [-0.25, -0.2) is 4.98 Å². The number of rotatable bonds is 7. The minimum atomic E-state index is 0.769. The number of nitrogens with zero attached hydrogens (tertiary/aromatic N) is 6.